The molecule has 5 rings (SSSR count). The van der Waals surface area contributed by atoms with Crippen LogP contribution in [0.2, 0.25) is 0 Å². The van der Waals surface area contributed by atoms with Gasteiger partial charge in [0.25, 0.3) is 0 Å². The second-order valence-electron chi connectivity index (χ2n) is 13.3. The number of pyridine rings is 1. The molecule has 3 aliphatic rings. The number of nitrogens with zero attached hydrogens (tertiary/aromatic N) is 4. The molecule has 2 saturated heterocycles. The molecule has 9 nitrogen and oxygen atoms in total. The van der Waals surface area contributed by atoms with Gasteiger partial charge in [0.2, 0.25) is 12.3 Å². The van der Waals surface area contributed by atoms with E-state index in [1.165, 1.54) is 19.4 Å². The molecule has 0 bridgehead atoms. The molecule has 1 aromatic heterocycles. The van der Waals surface area contributed by atoms with Gasteiger partial charge in [0.05, 0.1) is 18.7 Å². The highest BCUT2D eigenvalue weighted by Gasteiger charge is 2.49. The van der Waals surface area contributed by atoms with Gasteiger partial charge in [-0.3, -0.25) is 14.6 Å². The van der Waals surface area contributed by atoms with Crippen molar-refractivity contribution < 1.29 is 45.1 Å². The minimum atomic E-state index is -4.96. The quantitative estimate of drug-likeness (QED) is 0.339. The molecule has 2 aliphatic heterocycles. The molecular weight excluding hydrogens is 661 g/mol. The van der Waals surface area contributed by atoms with Crippen molar-refractivity contribution >= 4 is 23.4 Å². The summed E-state index contributed by atoms with van der Waals surface area (Å²) in [6, 6.07) is 1.76. The number of ether oxygens (including phenoxy) is 1. The van der Waals surface area contributed by atoms with Crippen LogP contribution in [0.1, 0.15) is 56.6 Å². The monoisotopic (exact) mass is 702 g/mol. The Morgan fingerprint density at radius 2 is 1.65 bits per heavy atom. The second-order valence-corrected chi connectivity index (χ2v) is 13.3. The summed E-state index contributed by atoms with van der Waals surface area (Å²) in [5, 5.41) is 5.20. The van der Waals surface area contributed by atoms with Crippen LogP contribution in [0.3, 0.4) is 0 Å². The number of carbonyl (C=O) groups excluding carboxylic acids is 2. The van der Waals surface area contributed by atoms with E-state index in [1.54, 1.807) is 4.90 Å². The fraction of sp³-hybridized carbons (Fsp3) is 0.606. The van der Waals surface area contributed by atoms with Gasteiger partial charge in [0, 0.05) is 80.0 Å². The van der Waals surface area contributed by atoms with E-state index in [0.29, 0.717) is 12.8 Å². The van der Waals surface area contributed by atoms with Gasteiger partial charge in [-0.1, -0.05) is 0 Å². The first-order chi connectivity index (χ1) is 23.1. The number of anilines is 2. The van der Waals surface area contributed by atoms with Crippen LogP contribution in [0, 0.1) is 23.5 Å². The van der Waals surface area contributed by atoms with E-state index >= 15 is 8.78 Å². The number of halogens is 7. The third kappa shape index (κ3) is 7.68. The third-order valence-corrected chi connectivity index (χ3v) is 10.2. The van der Waals surface area contributed by atoms with E-state index in [9.17, 15) is 31.5 Å². The lowest BCUT2D eigenvalue weighted by Crippen LogP contribution is -2.55. The number of methoxy groups -OCH3 is 1. The number of alkyl halides is 5. The first-order valence-corrected chi connectivity index (χ1v) is 16.3. The summed E-state index contributed by atoms with van der Waals surface area (Å²) in [5.41, 5.74) is -1.86. The molecule has 1 unspecified atom stereocenters. The van der Waals surface area contributed by atoms with Crippen molar-refractivity contribution in [2.75, 3.05) is 50.1 Å². The standard InChI is InChI=1S/C33H41F7N6O3/c1-17-14-45(15-18(2)44(17)3)26-9-10-41-30(28(26)33(38,39)40)46-16-23(27-24(34)11-21(49-4)12-25(27)35)22(31(46)47)13-42-32(48)43-20-7-5-19(6-8-20)29(36)37/h9-12,17-20,22-23,29H,5-8,13-16H2,1-4H3,(H2,42,43,48)/t17-,18+,19?,20?,22?,23-/m1/s1. The third-order valence-electron chi connectivity index (χ3n) is 10.2. The largest absolute Gasteiger partial charge is 0.497 e. The number of hydrogen-bond acceptors (Lipinski definition) is 6. The summed E-state index contributed by atoms with van der Waals surface area (Å²) in [6.45, 7) is 3.31. The van der Waals surface area contributed by atoms with Crippen LogP contribution in [0.4, 0.5) is 47.0 Å². The average Bonchev–Trinajstić information content (AvgIpc) is 3.36. The van der Waals surface area contributed by atoms with E-state index < -0.39 is 90.0 Å². The van der Waals surface area contributed by atoms with Gasteiger partial charge in [0.1, 0.15) is 28.8 Å². The molecule has 0 radical (unpaired) electrons. The Morgan fingerprint density at radius 1 is 1.04 bits per heavy atom. The second kappa shape index (κ2) is 14.6. The summed E-state index contributed by atoms with van der Waals surface area (Å²) < 4.78 is 107. The van der Waals surface area contributed by atoms with Crippen molar-refractivity contribution in [3.63, 3.8) is 0 Å². The van der Waals surface area contributed by atoms with Crippen LogP contribution in [-0.2, 0) is 11.0 Å². The minimum Gasteiger partial charge on any atom is -0.497 e. The highest BCUT2D eigenvalue weighted by atomic mass is 19.4. The maximum atomic E-state index is 15.4. The summed E-state index contributed by atoms with van der Waals surface area (Å²) in [5.74, 6) is -7.35. The highest BCUT2D eigenvalue weighted by molar-refractivity contribution is 5.99. The number of nitrogens with one attached hydrogen (secondary N) is 2. The molecule has 49 heavy (non-hydrogen) atoms. The topological polar surface area (TPSA) is 90.0 Å². The lowest BCUT2D eigenvalue weighted by Gasteiger charge is -2.44. The number of likely N-dealkylation sites (N-methyl/N-ethyl adjacent to an activating group) is 1. The van der Waals surface area contributed by atoms with Crippen LogP contribution < -0.4 is 25.2 Å². The van der Waals surface area contributed by atoms with Gasteiger partial charge in [-0.25, -0.2) is 27.3 Å². The number of benzene rings is 1. The molecule has 3 fully saturated rings. The summed E-state index contributed by atoms with van der Waals surface area (Å²) in [7, 11) is 3.10. The Kier molecular flexibility index (Phi) is 10.8. The Bertz CT molecular complexity index is 1490. The number of carbonyl (C=O) groups is 2. The van der Waals surface area contributed by atoms with E-state index in [1.807, 2.05) is 20.9 Å². The fourth-order valence-electron chi connectivity index (χ4n) is 7.27. The summed E-state index contributed by atoms with van der Waals surface area (Å²) in [4.78, 5) is 35.3. The van der Waals surface area contributed by atoms with Crippen molar-refractivity contribution in [2.45, 2.75) is 76.2 Å². The molecular formula is C33H41F7N6O3. The van der Waals surface area contributed by atoms with Crippen molar-refractivity contribution in [3.05, 3.63) is 47.2 Å². The number of amides is 3. The van der Waals surface area contributed by atoms with E-state index in [0.717, 1.165) is 17.0 Å². The summed E-state index contributed by atoms with van der Waals surface area (Å²) >= 11 is 0. The molecule has 0 spiro atoms. The normalized spacial score (nSPS) is 26.7. The maximum absolute atomic E-state index is 15.4. The Hall–Kier alpha value is -3.82. The lowest BCUT2D eigenvalue weighted by atomic mass is 9.86. The van der Waals surface area contributed by atoms with Crippen molar-refractivity contribution in [3.8, 4) is 5.75 Å². The zero-order chi connectivity index (χ0) is 35.8. The number of rotatable bonds is 8. The Morgan fingerprint density at radius 3 is 2.20 bits per heavy atom. The first-order valence-electron chi connectivity index (χ1n) is 16.3. The van der Waals surface area contributed by atoms with Crippen molar-refractivity contribution in [2.24, 2.45) is 11.8 Å². The molecule has 2 aromatic rings. The van der Waals surface area contributed by atoms with Crippen LogP contribution >= 0.6 is 0 Å². The molecule has 270 valence electrons. The molecule has 3 heterocycles. The average molecular weight is 703 g/mol. The van der Waals surface area contributed by atoms with Crippen LogP contribution in [0.15, 0.2) is 24.4 Å². The van der Waals surface area contributed by atoms with Gasteiger partial charge in [0.15, 0.2) is 0 Å². The molecule has 1 saturated carbocycles. The molecule has 3 amide bonds. The zero-order valence-corrected chi connectivity index (χ0v) is 27.7. The van der Waals surface area contributed by atoms with Gasteiger partial charge >= 0.3 is 12.2 Å². The first kappa shape index (κ1) is 36.5. The molecule has 2 N–H and O–H groups in total. The number of urea groups is 1. The van der Waals surface area contributed by atoms with E-state index in [2.05, 4.69) is 20.5 Å². The SMILES string of the molecule is COc1cc(F)c([C@@H]2CN(c3nccc(N4C[C@@H](C)N(C)[C@@H](C)C4)c3C(F)(F)F)C(=O)C2CNC(=O)NC2CCC(C(F)F)CC2)c(F)c1. The number of aromatic nitrogens is 1. The zero-order valence-electron chi connectivity index (χ0n) is 27.7. The van der Waals surface area contributed by atoms with Crippen LogP contribution in [0.5, 0.6) is 5.75 Å². The molecule has 16 heteroatoms. The highest BCUT2D eigenvalue weighted by Crippen LogP contribution is 2.46. The lowest BCUT2D eigenvalue weighted by molar-refractivity contribution is -0.137. The smallest absolute Gasteiger partial charge is 0.421 e. The van der Waals surface area contributed by atoms with Crippen molar-refractivity contribution in [1.29, 1.82) is 0 Å². The van der Waals surface area contributed by atoms with Gasteiger partial charge in [-0.15, -0.1) is 0 Å². The number of piperazine rings is 1. The Labute approximate surface area is 280 Å². The predicted octanol–water partition coefficient (Wildman–Crippen LogP) is 5.79. The minimum absolute atomic E-state index is 0.0822. The van der Waals surface area contributed by atoms with Crippen molar-refractivity contribution in [1.82, 2.24) is 20.5 Å². The van der Waals surface area contributed by atoms with Crippen LogP contribution in [0.25, 0.3) is 0 Å². The molecule has 1 aromatic carbocycles. The molecule has 1 aliphatic carbocycles. The van der Waals surface area contributed by atoms with E-state index in [4.69, 9.17) is 4.74 Å². The fourth-order valence-corrected chi connectivity index (χ4v) is 7.27. The molecule has 4 atom stereocenters. The Balaban J connectivity index is 1.46. The van der Waals surface area contributed by atoms with Gasteiger partial charge < -0.3 is 20.3 Å². The van der Waals surface area contributed by atoms with Crippen LogP contribution in [-0.4, -0.2) is 86.7 Å². The number of hydrogen-bond donors (Lipinski definition) is 2. The van der Waals surface area contributed by atoms with E-state index in [-0.39, 0.29) is 49.5 Å². The van der Waals surface area contributed by atoms with Gasteiger partial charge in [-0.2, -0.15) is 13.2 Å². The summed E-state index contributed by atoms with van der Waals surface area (Å²) in [6.07, 6.45) is -5.17. The maximum Gasteiger partial charge on any atom is 0.421 e. The van der Waals surface area contributed by atoms with Gasteiger partial charge in [-0.05, 0) is 52.6 Å². The predicted molar refractivity (Wildman–Crippen MR) is 168 cm³/mol.